The van der Waals surface area contributed by atoms with Crippen LogP contribution in [0.3, 0.4) is 0 Å². The number of benzene rings is 4. The number of aliphatic hydroxyl groups is 1. The first-order valence-electron chi connectivity index (χ1n) is 27.3. The maximum Gasteiger partial charge on any atom is 0.302 e. The standard InChI is InChI=1S/C65H66N4O10/c1-38-9-5-11-45-12-7-16-51-53-36-66-35-44(53)34-65(38,45)24-21-50(78-40(3)71)32-48(74)33-57(43-28-59(76)64(60(29-43)77-4)79-49-15-8-14-47(73)31-49)69-37-54-55(18-17-52-58(75)20-19-56(69)63(52)54)68(26-23-39(2)70)61-30-42(22-25-67-61)62(51)41-10-6-13-46(72)27-41/h5-6,8-11,13-15,17-18,22,27-31,35-38,50-51,57-58,62,66-67,72-73,75-76H,12,19-21,23-26,32-34H2,1-4H3. The van der Waals surface area contributed by atoms with Gasteiger partial charge in [-0.25, -0.2) is 0 Å². The number of Topliss-reactive ketones (excluding diaryl/α,β-unsaturated/α-hetero) is 2. The van der Waals surface area contributed by atoms with Crippen molar-refractivity contribution >= 4 is 34.0 Å². The highest BCUT2D eigenvalue weighted by Crippen LogP contribution is 2.52. The molecule has 0 fully saturated rings. The van der Waals surface area contributed by atoms with Crippen molar-refractivity contribution in [2.45, 2.75) is 109 Å². The van der Waals surface area contributed by atoms with Gasteiger partial charge in [-0.15, -0.1) is 0 Å². The van der Waals surface area contributed by atoms with Crippen molar-refractivity contribution in [1.29, 1.82) is 0 Å². The van der Waals surface area contributed by atoms with E-state index in [1.807, 2.05) is 36.5 Å². The summed E-state index contributed by atoms with van der Waals surface area (Å²) in [5, 5.41) is 50.4. The number of aliphatic hydroxyl groups excluding tert-OH is 1. The summed E-state index contributed by atoms with van der Waals surface area (Å²) in [7, 11) is 1.46. The molecule has 14 heteroatoms. The second-order valence-electron chi connectivity index (χ2n) is 21.8. The number of nitrogens with zero attached hydrogens (tertiary/aromatic N) is 2. The summed E-state index contributed by atoms with van der Waals surface area (Å²) in [4.78, 5) is 47.0. The number of aromatic hydroxyl groups is 3. The number of aromatic nitrogens is 2. The smallest absolute Gasteiger partial charge is 0.302 e. The molecule has 0 saturated carbocycles. The zero-order valence-corrected chi connectivity index (χ0v) is 44.9. The van der Waals surface area contributed by atoms with E-state index in [1.54, 1.807) is 37.3 Å². The summed E-state index contributed by atoms with van der Waals surface area (Å²) in [6.45, 7) is 5.93. The molecule has 4 heterocycles. The average Bonchev–Trinajstić information content (AvgIpc) is 4.20. The Hall–Kier alpha value is -8.41. The molecule has 406 valence electrons. The minimum absolute atomic E-state index is 0.00420. The number of allylic oxidation sites excluding steroid dienone is 6. The third kappa shape index (κ3) is 10.3. The Morgan fingerprint density at radius 2 is 1.76 bits per heavy atom. The van der Waals surface area contributed by atoms with Crippen LogP contribution in [0.1, 0.15) is 123 Å². The van der Waals surface area contributed by atoms with Gasteiger partial charge in [-0.1, -0.05) is 72.9 Å². The molecule has 7 unspecified atom stereocenters. The van der Waals surface area contributed by atoms with Gasteiger partial charge in [-0.05, 0) is 127 Å². The number of phenolic OH excluding ortho intramolecular Hbond substituents is 3. The highest BCUT2D eigenvalue weighted by Gasteiger charge is 2.43. The van der Waals surface area contributed by atoms with E-state index < -0.39 is 29.6 Å². The Morgan fingerprint density at radius 1 is 0.937 bits per heavy atom. The van der Waals surface area contributed by atoms with Crippen LogP contribution in [0.15, 0.2) is 139 Å². The Balaban J connectivity index is 1.14. The average molecular weight is 1060 g/mol. The number of hydrogen-bond donors (Lipinski definition) is 6. The Labute approximate surface area is 459 Å². The second kappa shape index (κ2) is 21.8. The Bertz CT molecular complexity index is 3590. The molecule has 0 saturated heterocycles. The van der Waals surface area contributed by atoms with Crippen molar-refractivity contribution in [3.8, 4) is 46.3 Å². The number of carbonyl (C=O) groups excluding carboxylic acids is 3. The maximum absolute atomic E-state index is 15.2. The van der Waals surface area contributed by atoms with Crippen LogP contribution >= 0.6 is 0 Å². The van der Waals surface area contributed by atoms with Gasteiger partial charge in [0.15, 0.2) is 11.5 Å². The minimum atomic E-state index is -0.781. The van der Waals surface area contributed by atoms with E-state index in [4.69, 9.17) is 14.2 Å². The van der Waals surface area contributed by atoms with Crippen LogP contribution in [0.4, 0.5) is 5.69 Å². The lowest BCUT2D eigenvalue weighted by atomic mass is 9.61. The van der Waals surface area contributed by atoms with Gasteiger partial charge in [0.05, 0.1) is 30.9 Å². The first-order chi connectivity index (χ1) is 38.2. The second-order valence-corrected chi connectivity index (χ2v) is 21.8. The fourth-order valence-corrected chi connectivity index (χ4v) is 13.0. The van der Waals surface area contributed by atoms with Gasteiger partial charge >= 0.3 is 5.97 Å². The normalized spacial score (nSPS) is 23.7. The number of carbonyl (C=O) groups is 3. The highest BCUT2D eigenvalue weighted by molar-refractivity contribution is 6.00. The Morgan fingerprint density at radius 3 is 2.54 bits per heavy atom. The van der Waals surface area contributed by atoms with Crippen molar-refractivity contribution in [2.24, 2.45) is 11.3 Å². The number of hydrogen-bond acceptors (Lipinski definition) is 12. The van der Waals surface area contributed by atoms with E-state index in [0.29, 0.717) is 57.2 Å². The quantitative estimate of drug-likeness (QED) is 0.0593. The van der Waals surface area contributed by atoms with Gasteiger partial charge < -0.3 is 54.4 Å². The van der Waals surface area contributed by atoms with Crippen molar-refractivity contribution < 1.29 is 49.0 Å². The molecule has 0 radical (unpaired) electrons. The predicted octanol–water partition coefficient (Wildman–Crippen LogP) is 11.3. The molecule has 3 aliphatic carbocycles. The highest BCUT2D eigenvalue weighted by atomic mass is 16.5. The van der Waals surface area contributed by atoms with Gasteiger partial charge in [0.1, 0.15) is 40.7 Å². The summed E-state index contributed by atoms with van der Waals surface area (Å²) in [5.74, 6) is 7.14. The SMILES string of the molecule is COc1cc(C2CC(=O)CC(OC(C)=O)CCC34Cc5c[nH]cc5C(C#CCC3=CC=CC4C)C(c3cccc(O)c3)C3=CCNC(=C3)N(CCC(C)=O)c3ccc4c5c(n2cc35)CCC4O)cc(O)c1Oc1cccc(O)c1. The number of fused-ring (bicyclic) bond motifs is 3. The number of phenols is 3. The number of aryl methyl sites for hydroxylation is 1. The molecule has 2 aromatic heterocycles. The largest absolute Gasteiger partial charge is 0.508 e. The molecule has 6 bridgehead atoms. The molecule has 6 aromatic rings. The fourth-order valence-electron chi connectivity index (χ4n) is 13.0. The number of anilines is 1. The van der Waals surface area contributed by atoms with Crippen molar-refractivity contribution in [3.63, 3.8) is 0 Å². The fraction of sp³-hybridized carbons (Fsp3) is 0.338. The zero-order valence-electron chi connectivity index (χ0n) is 44.9. The van der Waals surface area contributed by atoms with Gasteiger partial charge in [0.25, 0.3) is 0 Å². The molecule has 0 amide bonds. The van der Waals surface area contributed by atoms with Crippen LogP contribution in [0.2, 0.25) is 0 Å². The topological polar surface area (TPSA) is 196 Å². The van der Waals surface area contributed by atoms with Crippen molar-refractivity contribution in [3.05, 3.63) is 172 Å². The van der Waals surface area contributed by atoms with Crippen LogP contribution in [-0.2, 0) is 32.0 Å². The predicted molar refractivity (Wildman–Crippen MR) is 301 cm³/mol. The van der Waals surface area contributed by atoms with Gasteiger partial charge in [-0.3, -0.25) is 14.4 Å². The third-order valence-corrected chi connectivity index (χ3v) is 16.9. The van der Waals surface area contributed by atoms with E-state index >= 15 is 4.79 Å². The number of H-pyrrole nitrogens is 1. The lowest BCUT2D eigenvalue weighted by Crippen LogP contribution is -2.36. The van der Waals surface area contributed by atoms with Crippen LogP contribution < -0.4 is 19.7 Å². The molecular weight excluding hydrogens is 997 g/mol. The number of aromatic amines is 1. The monoisotopic (exact) mass is 1060 g/mol. The van der Waals surface area contributed by atoms with E-state index in [0.717, 1.165) is 61.4 Å². The summed E-state index contributed by atoms with van der Waals surface area (Å²) in [6, 6.07) is 20.1. The number of esters is 1. The number of methoxy groups -OCH3 is 1. The van der Waals surface area contributed by atoms with Gasteiger partial charge in [-0.2, -0.15) is 0 Å². The first kappa shape index (κ1) is 52.6. The number of rotatable bonds is 9. The van der Waals surface area contributed by atoms with Crippen LogP contribution in [0.25, 0.3) is 10.8 Å². The van der Waals surface area contributed by atoms with E-state index in [9.17, 15) is 30.0 Å². The molecule has 79 heavy (non-hydrogen) atoms. The van der Waals surface area contributed by atoms with Crippen LogP contribution in [0, 0.1) is 23.2 Å². The third-order valence-electron chi connectivity index (χ3n) is 16.9. The van der Waals surface area contributed by atoms with Gasteiger partial charge in [0.2, 0.25) is 5.75 Å². The number of ketones is 2. The number of dihydropyridines is 1. The molecule has 2 aliphatic heterocycles. The van der Waals surface area contributed by atoms with Crippen LogP contribution in [-0.4, -0.2) is 73.8 Å². The first-order valence-corrected chi connectivity index (χ1v) is 27.3. The summed E-state index contributed by atoms with van der Waals surface area (Å²) in [5.41, 5.74) is 7.58. The molecule has 11 rings (SSSR count). The lowest BCUT2D eigenvalue weighted by Gasteiger charge is -2.43. The Kier molecular flexibility index (Phi) is 14.5. The van der Waals surface area contributed by atoms with Crippen molar-refractivity contribution in [1.82, 2.24) is 14.9 Å². The van der Waals surface area contributed by atoms with E-state index in [1.165, 1.54) is 26.2 Å². The molecule has 1 spiro atoms. The molecule has 7 atom stereocenters. The molecule has 4 aromatic carbocycles. The summed E-state index contributed by atoms with van der Waals surface area (Å²) in [6.07, 6.45) is 18.4. The lowest BCUT2D eigenvalue weighted by molar-refractivity contribution is -0.148. The molecule has 5 aliphatic rings. The zero-order chi connectivity index (χ0) is 55.1. The maximum atomic E-state index is 15.2. The van der Waals surface area contributed by atoms with Crippen LogP contribution in [0.5, 0.6) is 34.5 Å². The van der Waals surface area contributed by atoms with Gasteiger partial charge in [0, 0.05) is 98.2 Å². The molecule has 6 N–H and O–H groups in total. The van der Waals surface area contributed by atoms with E-state index in [2.05, 4.69) is 81.3 Å². The van der Waals surface area contributed by atoms with E-state index in [-0.39, 0.29) is 83.1 Å². The minimum Gasteiger partial charge on any atom is -0.508 e. The molecular formula is C65H66N4O10. The number of ether oxygens (including phenoxy) is 3. The summed E-state index contributed by atoms with van der Waals surface area (Å²) < 4.78 is 20.3. The summed E-state index contributed by atoms with van der Waals surface area (Å²) >= 11 is 0. The number of nitrogens with one attached hydrogen (secondary N) is 2. The van der Waals surface area contributed by atoms with Crippen molar-refractivity contribution in [2.75, 3.05) is 25.1 Å². The molecule has 14 nitrogen and oxygen atoms in total.